The summed E-state index contributed by atoms with van der Waals surface area (Å²) in [6, 6.07) is 4.47. The van der Waals surface area contributed by atoms with Crippen LogP contribution in [0.2, 0.25) is 0 Å². The highest BCUT2D eigenvalue weighted by Gasteiger charge is 2.17. The molecule has 2 heterocycles. The van der Waals surface area contributed by atoms with Gasteiger partial charge in [-0.3, -0.25) is 4.79 Å². The van der Waals surface area contributed by atoms with E-state index in [9.17, 15) is 4.79 Å². The molecule has 0 saturated carbocycles. The Labute approximate surface area is 121 Å². The minimum atomic E-state index is 0.119. The number of hydrogen-bond acceptors (Lipinski definition) is 3. The Balaban J connectivity index is 1.53. The number of nitrogens with zero attached hydrogens (tertiary/aromatic N) is 1. The third-order valence-corrected chi connectivity index (χ3v) is 4.06. The van der Waals surface area contributed by atoms with E-state index in [2.05, 4.69) is 17.1 Å². The number of piperidine rings is 1. The number of rotatable bonds is 7. The summed E-state index contributed by atoms with van der Waals surface area (Å²) < 4.78 is 5.21. The Morgan fingerprint density at radius 3 is 3.15 bits per heavy atom. The van der Waals surface area contributed by atoms with Gasteiger partial charge in [-0.05, 0) is 44.9 Å². The van der Waals surface area contributed by atoms with Crippen molar-refractivity contribution >= 4 is 5.91 Å². The van der Waals surface area contributed by atoms with Gasteiger partial charge < -0.3 is 14.6 Å². The van der Waals surface area contributed by atoms with Crippen molar-refractivity contribution in [3.8, 4) is 0 Å². The summed E-state index contributed by atoms with van der Waals surface area (Å²) in [6.07, 6.45) is 7.87. The topological polar surface area (TPSA) is 45.5 Å². The van der Waals surface area contributed by atoms with Gasteiger partial charge in [-0.15, -0.1) is 0 Å². The first-order valence-corrected chi connectivity index (χ1v) is 7.79. The molecule has 20 heavy (non-hydrogen) atoms. The smallest absolute Gasteiger partial charge is 0.220 e. The van der Waals surface area contributed by atoms with Crippen molar-refractivity contribution in [2.75, 3.05) is 19.6 Å². The SMILES string of the molecule is CC1CCCCN1CCCNC(=O)CCc1ccco1. The van der Waals surface area contributed by atoms with Gasteiger partial charge in [-0.2, -0.15) is 0 Å². The number of nitrogens with one attached hydrogen (secondary N) is 1. The van der Waals surface area contributed by atoms with Crippen LogP contribution in [0.15, 0.2) is 22.8 Å². The van der Waals surface area contributed by atoms with Crippen molar-refractivity contribution in [3.63, 3.8) is 0 Å². The number of carbonyl (C=O) groups is 1. The van der Waals surface area contributed by atoms with Crippen molar-refractivity contribution < 1.29 is 9.21 Å². The molecule has 1 fully saturated rings. The Morgan fingerprint density at radius 1 is 1.50 bits per heavy atom. The normalized spacial score (nSPS) is 19.9. The van der Waals surface area contributed by atoms with E-state index in [0.717, 1.165) is 25.3 Å². The first-order valence-electron chi connectivity index (χ1n) is 7.79. The van der Waals surface area contributed by atoms with Crippen LogP contribution in [-0.2, 0) is 11.2 Å². The summed E-state index contributed by atoms with van der Waals surface area (Å²) in [7, 11) is 0. The van der Waals surface area contributed by atoms with Crippen LogP contribution in [-0.4, -0.2) is 36.5 Å². The van der Waals surface area contributed by atoms with Gasteiger partial charge in [0.25, 0.3) is 0 Å². The molecule has 4 heteroatoms. The van der Waals surface area contributed by atoms with Crippen LogP contribution in [0.5, 0.6) is 0 Å². The average molecular weight is 278 g/mol. The molecular formula is C16H26N2O2. The quantitative estimate of drug-likeness (QED) is 0.780. The lowest BCUT2D eigenvalue weighted by atomic mass is 10.0. The lowest BCUT2D eigenvalue weighted by Crippen LogP contribution is -2.39. The summed E-state index contributed by atoms with van der Waals surface area (Å²) in [6.45, 7) is 5.40. The fourth-order valence-electron chi connectivity index (χ4n) is 2.78. The molecule has 1 saturated heterocycles. The Morgan fingerprint density at radius 2 is 2.40 bits per heavy atom. The fraction of sp³-hybridized carbons (Fsp3) is 0.688. The minimum absolute atomic E-state index is 0.119. The Hall–Kier alpha value is -1.29. The Kier molecular flexibility index (Phi) is 6.12. The largest absolute Gasteiger partial charge is 0.469 e. The second-order valence-corrected chi connectivity index (χ2v) is 5.66. The fourth-order valence-corrected chi connectivity index (χ4v) is 2.78. The summed E-state index contributed by atoms with van der Waals surface area (Å²) in [4.78, 5) is 14.2. The molecular weight excluding hydrogens is 252 g/mol. The van der Waals surface area contributed by atoms with Crippen molar-refractivity contribution in [1.29, 1.82) is 0 Å². The maximum Gasteiger partial charge on any atom is 0.220 e. The van der Waals surface area contributed by atoms with Crippen LogP contribution < -0.4 is 5.32 Å². The van der Waals surface area contributed by atoms with E-state index in [1.807, 2.05) is 12.1 Å². The van der Waals surface area contributed by atoms with Gasteiger partial charge >= 0.3 is 0 Å². The molecule has 2 rings (SSSR count). The molecule has 1 aliphatic heterocycles. The average Bonchev–Trinajstić information content (AvgIpc) is 2.96. The van der Waals surface area contributed by atoms with Crippen molar-refractivity contribution in [3.05, 3.63) is 24.2 Å². The number of likely N-dealkylation sites (tertiary alicyclic amines) is 1. The van der Waals surface area contributed by atoms with Gasteiger partial charge in [0.15, 0.2) is 0 Å². The minimum Gasteiger partial charge on any atom is -0.469 e. The number of aryl methyl sites for hydroxylation is 1. The number of furan rings is 1. The molecule has 112 valence electrons. The lowest BCUT2D eigenvalue weighted by Gasteiger charge is -2.33. The summed E-state index contributed by atoms with van der Waals surface area (Å²) in [5, 5.41) is 2.99. The first-order chi connectivity index (χ1) is 9.75. The predicted octanol–water partition coefficient (Wildman–Crippen LogP) is 2.59. The number of carbonyl (C=O) groups excluding carboxylic acids is 1. The van der Waals surface area contributed by atoms with E-state index in [-0.39, 0.29) is 5.91 Å². The van der Waals surface area contributed by atoms with Gasteiger partial charge in [0, 0.05) is 32.0 Å². The highest BCUT2D eigenvalue weighted by molar-refractivity contribution is 5.75. The molecule has 1 unspecified atom stereocenters. The first kappa shape index (κ1) is 15.1. The zero-order valence-electron chi connectivity index (χ0n) is 12.4. The molecule has 4 nitrogen and oxygen atoms in total. The second-order valence-electron chi connectivity index (χ2n) is 5.66. The zero-order chi connectivity index (χ0) is 14.2. The zero-order valence-corrected chi connectivity index (χ0v) is 12.4. The van der Waals surface area contributed by atoms with Crippen LogP contribution in [0.3, 0.4) is 0 Å². The lowest BCUT2D eigenvalue weighted by molar-refractivity contribution is -0.121. The monoisotopic (exact) mass is 278 g/mol. The van der Waals surface area contributed by atoms with Crippen LogP contribution in [0.25, 0.3) is 0 Å². The third kappa shape index (κ3) is 5.00. The second kappa shape index (κ2) is 8.10. The molecule has 0 bridgehead atoms. The molecule has 1 atom stereocenters. The molecule has 1 N–H and O–H groups in total. The van der Waals surface area contributed by atoms with Gasteiger partial charge in [-0.25, -0.2) is 0 Å². The third-order valence-electron chi connectivity index (χ3n) is 4.06. The molecule has 0 aromatic carbocycles. The highest BCUT2D eigenvalue weighted by Crippen LogP contribution is 2.16. The summed E-state index contributed by atoms with van der Waals surface area (Å²) >= 11 is 0. The number of amides is 1. The summed E-state index contributed by atoms with van der Waals surface area (Å²) in [5.74, 6) is 0.996. The molecule has 0 radical (unpaired) electrons. The van der Waals surface area contributed by atoms with E-state index in [1.165, 1.54) is 25.8 Å². The molecule has 0 spiro atoms. The molecule has 0 aliphatic carbocycles. The van der Waals surface area contributed by atoms with E-state index < -0.39 is 0 Å². The maximum absolute atomic E-state index is 11.7. The van der Waals surface area contributed by atoms with Crippen LogP contribution in [0.1, 0.15) is 44.8 Å². The van der Waals surface area contributed by atoms with E-state index in [0.29, 0.717) is 18.9 Å². The van der Waals surface area contributed by atoms with Crippen molar-refractivity contribution in [2.24, 2.45) is 0 Å². The van der Waals surface area contributed by atoms with Crippen molar-refractivity contribution in [2.45, 2.75) is 51.5 Å². The predicted molar refractivity (Wildman–Crippen MR) is 79.5 cm³/mol. The van der Waals surface area contributed by atoms with Crippen LogP contribution in [0, 0.1) is 0 Å². The molecule has 1 aliphatic rings. The van der Waals surface area contributed by atoms with Gasteiger partial charge in [0.2, 0.25) is 5.91 Å². The highest BCUT2D eigenvalue weighted by atomic mass is 16.3. The maximum atomic E-state index is 11.7. The van der Waals surface area contributed by atoms with Gasteiger partial charge in [-0.1, -0.05) is 6.42 Å². The summed E-state index contributed by atoms with van der Waals surface area (Å²) in [5.41, 5.74) is 0. The van der Waals surface area contributed by atoms with Gasteiger partial charge in [0.1, 0.15) is 5.76 Å². The van der Waals surface area contributed by atoms with Crippen LogP contribution in [0.4, 0.5) is 0 Å². The van der Waals surface area contributed by atoms with Gasteiger partial charge in [0.05, 0.1) is 6.26 Å². The number of hydrogen-bond donors (Lipinski definition) is 1. The molecule has 1 aromatic rings. The Bertz CT molecular complexity index is 389. The molecule has 1 aromatic heterocycles. The van der Waals surface area contributed by atoms with Crippen LogP contribution >= 0.6 is 0 Å². The van der Waals surface area contributed by atoms with Crippen molar-refractivity contribution in [1.82, 2.24) is 10.2 Å². The van der Waals surface area contributed by atoms with E-state index >= 15 is 0 Å². The van der Waals surface area contributed by atoms with E-state index in [1.54, 1.807) is 6.26 Å². The van der Waals surface area contributed by atoms with E-state index in [4.69, 9.17) is 4.42 Å². The standard InChI is InChI=1S/C16H26N2O2/c1-14-6-2-3-11-18(14)12-5-10-17-16(19)9-8-15-7-4-13-20-15/h4,7,13-14H,2-3,5-6,8-12H2,1H3,(H,17,19). The molecule has 1 amide bonds.